The van der Waals surface area contributed by atoms with Gasteiger partial charge in [0.2, 0.25) is 5.91 Å². The molecule has 1 aliphatic heterocycles. The number of carbonyl (C=O) groups is 1. The molecule has 6 heteroatoms. The average Bonchev–Trinajstić information content (AvgIpc) is 2.96. The van der Waals surface area contributed by atoms with Crippen molar-refractivity contribution in [1.82, 2.24) is 19.6 Å². The van der Waals surface area contributed by atoms with Crippen LogP contribution in [0, 0.1) is 6.92 Å². The van der Waals surface area contributed by atoms with Crippen LogP contribution in [0.4, 0.5) is 0 Å². The summed E-state index contributed by atoms with van der Waals surface area (Å²) in [6.07, 6.45) is 6.38. The number of carbonyl (C=O) groups excluding carboxylic acids is 1. The van der Waals surface area contributed by atoms with E-state index >= 15 is 0 Å². The number of likely N-dealkylation sites (N-methyl/N-ethyl adjacent to an activating group) is 1. The zero-order valence-electron chi connectivity index (χ0n) is 13.8. The van der Waals surface area contributed by atoms with Gasteiger partial charge in [0.25, 0.3) is 0 Å². The summed E-state index contributed by atoms with van der Waals surface area (Å²) in [5, 5.41) is 3.28. The van der Waals surface area contributed by atoms with Crippen molar-refractivity contribution in [2.75, 3.05) is 25.9 Å². The lowest BCUT2D eigenvalue weighted by atomic mass is 10.1. The van der Waals surface area contributed by atoms with Gasteiger partial charge in [0, 0.05) is 37.3 Å². The van der Waals surface area contributed by atoms with E-state index in [0.29, 0.717) is 11.8 Å². The molecule has 3 rings (SSSR count). The van der Waals surface area contributed by atoms with E-state index in [2.05, 4.69) is 40.1 Å². The van der Waals surface area contributed by atoms with Crippen molar-refractivity contribution in [3.63, 3.8) is 0 Å². The molecule has 1 amide bonds. The molecule has 2 aromatic rings. The molecule has 0 radical (unpaired) electrons. The van der Waals surface area contributed by atoms with Crippen molar-refractivity contribution >= 4 is 23.3 Å². The maximum Gasteiger partial charge on any atom is 0.232 e. The lowest BCUT2D eigenvalue weighted by molar-refractivity contribution is -0.129. The molecule has 1 aliphatic rings. The summed E-state index contributed by atoms with van der Waals surface area (Å²) in [6.45, 7) is 3.80. The molecular weight excluding hydrogens is 308 g/mol. The molecule has 0 aromatic carbocycles. The number of thioether (sulfide) groups is 1. The molecule has 1 saturated heterocycles. The van der Waals surface area contributed by atoms with Crippen LogP contribution in [0.25, 0.3) is 5.65 Å². The first kappa shape index (κ1) is 16.3. The predicted octanol–water partition coefficient (Wildman–Crippen LogP) is 2.09. The van der Waals surface area contributed by atoms with Gasteiger partial charge in [-0.25, -0.2) is 4.98 Å². The first-order valence-electron chi connectivity index (χ1n) is 8.13. The standard InChI is InChI=1S/C17H24N4OS/c1-13-5-6-16-19-15(10-21(16)8-13)11-23-12-17(22)20-7-3-4-14(9-20)18-2/h5-6,8,10,14,18H,3-4,7,9,11-12H2,1-2H3. The van der Waals surface area contributed by atoms with Crippen molar-refractivity contribution < 1.29 is 4.79 Å². The number of amides is 1. The number of nitrogens with zero attached hydrogens (tertiary/aromatic N) is 3. The van der Waals surface area contributed by atoms with Crippen LogP contribution in [-0.2, 0) is 10.5 Å². The largest absolute Gasteiger partial charge is 0.340 e. The molecule has 5 nitrogen and oxygen atoms in total. The quantitative estimate of drug-likeness (QED) is 0.911. The fourth-order valence-corrected chi connectivity index (χ4v) is 3.81. The fraction of sp³-hybridized carbons (Fsp3) is 0.529. The number of imidazole rings is 1. The van der Waals surface area contributed by atoms with Gasteiger partial charge in [-0.1, -0.05) is 6.07 Å². The van der Waals surface area contributed by atoms with Crippen molar-refractivity contribution in [2.24, 2.45) is 0 Å². The van der Waals surface area contributed by atoms with E-state index in [-0.39, 0.29) is 5.91 Å². The van der Waals surface area contributed by atoms with E-state index in [0.717, 1.165) is 43.0 Å². The van der Waals surface area contributed by atoms with E-state index in [1.165, 1.54) is 5.56 Å². The smallest absolute Gasteiger partial charge is 0.232 e. The van der Waals surface area contributed by atoms with Crippen LogP contribution in [0.2, 0.25) is 0 Å². The fourth-order valence-electron chi connectivity index (χ4n) is 3.00. The van der Waals surface area contributed by atoms with Crippen LogP contribution in [0.15, 0.2) is 24.5 Å². The topological polar surface area (TPSA) is 49.6 Å². The number of piperidine rings is 1. The molecule has 1 unspecified atom stereocenters. The Bertz CT molecular complexity index is 684. The summed E-state index contributed by atoms with van der Waals surface area (Å²) >= 11 is 1.65. The maximum absolute atomic E-state index is 12.3. The Kier molecular flexibility index (Phi) is 5.23. The Hall–Kier alpha value is -1.53. The molecule has 2 aromatic heterocycles. The monoisotopic (exact) mass is 332 g/mol. The summed E-state index contributed by atoms with van der Waals surface area (Å²) in [6, 6.07) is 4.54. The van der Waals surface area contributed by atoms with E-state index in [1.54, 1.807) is 11.8 Å². The summed E-state index contributed by atoms with van der Waals surface area (Å²) in [5.41, 5.74) is 3.21. The van der Waals surface area contributed by atoms with Crippen molar-refractivity contribution in [1.29, 1.82) is 0 Å². The first-order chi connectivity index (χ1) is 11.2. The Morgan fingerprint density at radius 3 is 3.13 bits per heavy atom. The number of aromatic nitrogens is 2. The van der Waals surface area contributed by atoms with Gasteiger partial charge in [-0.15, -0.1) is 11.8 Å². The number of likely N-dealkylation sites (tertiary alicyclic amines) is 1. The number of nitrogens with one attached hydrogen (secondary N) is 1. The van der Waals surface area contributed by atoms with Gasteiger partial charge in [0.05, 0.1) is 11.4 Å². The van der Waals surface area contributed by atoms with Gasteiger partial charge >= 0.3 is 0 Å². The van der Waals surface area contributed by atoms with Crippen LogP contribution in [0.3, 0.4) is 0 Å². The second kappa shape index (κ2) is 7.36. The molecule has 0 aliphatic carbocycles. The molecule has 0 spiro atoms. The van der Waals surface area contributed by atoms with Gasteiger partial charge in [0.15, 0.2) is 0 Å². The lowest BCUT2D eigenvalue weighted by Crippen LogP contribution is -2.47. The predicted molar refractivity (Wildman–Crippen MR) is 94.8 cm³/mol. The molecule has 3 heterocycles. The van der Waals surface area contributed by atoms with Crippen LogP contribution in [-0.4, -0.2) is 52.1 Å². The number of fused-ring (bicyclic) bond motifs is 1. The molecule has 23 heavy (non-hydrogen) atoms. The molecule has 0 saturated carbocycles. The molecule has 124 valence electrons. The van der Waals surface area contributed by atoms with Gasteiger partial charge in [-0.2, -0.15) is 0 Å². The zero-order chi connectivity index (χ0) is 16.2. The Balaban J connectivity index is 1.51. The molecular formula is C17H24N4OS. The third-order valence-electron chi connectivity index (χ3n) is 4.31. The van der Waals surface area contributed by atoms with Gasteiger partial charge in [-0.05, 0) is 38.4 Å². The summed E-state index contributed by atoms with van der Waals surface area (Å²) in [7, 11) is 1.97. The van der Waals surface area contributed by atoms with Crippen molar-refractivity contribution in [2.45, 2.75) is 31.6 Å². The third kappa shape index (κ3) is 4.06. The van der Waals surface area contributed by atoms with Crippen LogP contribution in [0.1, 0.15) is 24.1 Å². The molecule has 1 fully saturated rings. The van der Waals surface area contributed by atoms with Crippen molar-refractivity contribution in [3.8, 4) is 0 Å². The molecule has 0 bridgehead atoms. The maximum atomic E-state index is 12.3. The molecule has 1 N–H and O–H groups in total. The molecule has 1 atom stereocenters. The average molecular weight is 332 g/mol. The second-order valence-corrected chi connectivity index (χ2v) is 7.15. The minimum atomic E-state index is 0.245. The minimum absolute atomic E-state index is 0.245. The normalized spacial score (nSPS) is 18.5. The summed E-state index contributed by atoms with van der Waals surface area (Å²) < 4.78 is 2.05. The lowest BCUT2D eigenvalue weighted by Gasteiger charge is -2.32. The van der Waals surface area contributed by atoms with Gasteiger partial charge < -0.3 is 14.6 Å². The van der Waals surface area contributed by atoms with E-state index in [1.807, 2.05) is 18.0 Å². The Morgan fingerprint density at radius 2 is 2.30 bits per heavy atom. The minimum Gasteiger partial charge on any atom is -0.340 e. The van der Waals surface area contributed by atoms with Gasteiger partial charge in [-0.3, -0.25) is 4.79 Å². The van der Waals surface area contributed by atoms with Crippen LogP contribution >= 0.6 is 11.8 Å². The van der Waals surface area contributed by atoms with Crippen molar-refractivity contribution in [3.05, 3.63) is 35.8 Å². The SMILES string of the molecule is CNC1CCCN(C(=O)CSCc2cn3cc(C)ccc3n2)C1. The highest BCUT2D eigenvalue weighted by Gasteiger charge is 2.22. The second-order valence-electron chi connectivity index (χ2n) is 6.16. The Labute approximate surface area is 141 Å². The number of rotatable bonds is 5. The number of pyridine rings is 1. The van der Waals surface area contributed by atoms with E-state index in [4.69, 9.17) is 0 Å². The highest BCUT2D eigenvalue weighted by atomic mass is 32.2. The summed E-state index contributed by atoms with van der Waals surface area (Å²) in [5.74, 6) is 1.55. The summed E-state index contributed by atoms with van der Waals surface area (Å²) in [4.78, 5) is 18.9. The van der Waals surface area contributed by atoms with Crippen LogP contribution < -0.4 is 5.32 Å². The highest BCUT2D eigenvalue weighted by Crippen LogP contribution is 2.16. The van der Waals surface area contributed by atoms with E-state index < -0.39 is 0 Å². The number of aryl methyl sites for hydroxylation is 1. The first-order valence-corrected chi connectivity index (χ1v) is 9.28. The van der Waals surface area contributed by atoms with E-state index in [9.17, 15) is 4.79 Å². The number of hydrogen-bond acceptors (Lipinski definition) is 4. The third-order valence-corrected chi connectivity index (χ3v) is 5.26. The Morgan fingerprint density at radius 1 is 1.43 bits per heavy atom. The highest BCUT2D eigenvalue weighted by molar-refractivity contribution is 7.99. The zero-order valence-corrected chi connectivity index (χ0v) is 14.6. The van der Waals surface area contributed by atoms with Crippen LogP contribution in [0.5, 0.6) is 0 Å². The van der Waals surface area contributed by atoms with Gasteiger partial charge in [0.1, 0.15) is 5.65 Å². The number of hydrogen-bond donors (Lipinski definition) is 1.